The largest absolute Gasteiger partial charge is 0.466 e. The van der Waals surface area contributed by atoms with E-state index in [1.54, 1.807) is 25.3 Å². The fraction of sp³-hybridized carbons (Fsp3) is 0.438. The summed E-state index contributed by atoms with van der Waals surface area (Å²) in [5.41, 5.74) is 1.41. The molecule has 2 aromatic rings. The maximum atomic E-state index is 12.6. The van der Waals surface area contributed by atoms with Crippen LogP contribution in [0.1, 0.15) is 19.8 Å². The van der Waals surface area contributed by atoms with E-state index in [1.165, 1.54) is 4.31 Å². The summed E-state index contributed by atoms with van der Waals surface area (Å²) in [5, 5.41) is 0.822. The van der Waals surface area contributed by atoms with E-state index in [4.69, 9.17) is 4.74 Å². The van der Waals surface area contributed by atoms with Gasteiger partial charge in [0.2, 0.25) is 0 Å². The van der Waals surface area contributed by atoms with E-state index in [9.17, 15) is 13.2 Å². The number of carbonyl (C=O) groups excluding carboxylic acids is 1. The number of ether oxygens (including phenoxy) is 1. The molecule has 8 heteroatoms. The van der Waals surface area contributed by atoms with Crippen molar-refractivity contribution in [2.24, 2.45) is 5.92 Å². The van der Waals surface area contributed by atoms with Gasteiger partial charge >= 0.3 is 16.2 Å². The SMILES string of the molecule is CCOC(=O)C1CCN(S(=O)(=O)Nc2cccc3[nH]ccc23)CC1. The van der Waals surface area contributed by atoms with Crippen LogP contribution in [-0.2, 0) is 19.7 Å². The highest BCUT2D eigenvalue weighted by molar-refractivity contribution is 7.90. The average Bonchev–Trinajstić information content (AvgIpc) is 3.05. The van der Waals surface area contributed by atoms with Crippen molar-refractivity contribution in [2.75, 3.05) is 24.4 Å². The standard InChI is InChI=1S/C16H21N3O4S/c1-2-23-16(20)12-7-10-19(11-8-12)24(21,22)18-15-5-3-4-14-13(15)6-9-17-14/h3-6,9,12,17-18H,2,7-8,10-11H2,1H3. The van der Waals surface area contributed by atoms with Crippen molar-refractivity contribution in [1.82, 2.24) is 9.29 Å². The third-order valence-corrected chi connectivity index (χ3v) is 5.77. The van der Waals surface area contributed by atoms with Crippen LogP contribution in [0.25, 0.3) is 10.9 Å². The second-order valence-corrected chi connectivity index (χ2v) is 7.45. The Balaban J connectivity index is 1.69. The van der Waals surface area contributed by atoms with E-state index < -0.39 is 10.2 Å². The molecule has 1 fully saturated rings. The minimum Gasteiger partial charge on any atom is -0.466 e. The Labute approximate surface area is 141 Å². The van der Waals surface area contributed by atoms with Crippen molar-refractivity contribution in [1.29, 1.82) is 0 Å². The minimum atomic E-state index is -3.65. The zero-order chi connectivity index (χ0) is 17.2. The van der Waals surface area contributed by atoms with Crippen molar-refractivity contribution >= 4 is 32.8 Å². The van der Waals surface area contributed by atoms with Gasteiger partial charge in [0, 0.05) is 30.2 Å². The molecule has 1 aliphatic heterocycles. The lowest BCUT2D eigenvalue weighted by Gasteiger charge is -2.30. The highest BCUT2D eigenvalue weighted by Gasteiger charge is 2.32. The lowest BCUT2D eigenvalue weighted by Crippen LogP contribution is -2.43. The molecular formula is C16H21N3O4S. The first-order valence-corrected chi connectivity index (χ1v) is 9.46. The fourth-order valence-corrected chi connectivity index (χ4v) is 4.25. The molecule has 3 rings (SSSR count). The second-order valence-electron chi connectivity index (χ2n) is 5.78. The first-order valence-electron chi connectivity index (χ1n) is 8.02. The predicted molar refractivity (Wildman–Crippen MR) is 91.8 cm³/mol. The molecule has 0 bridgehead atoms. The molecule has 130 valence electrons. The van der Waals surface area contributed by atoms with Crippen molar-refractivity contribution in [2.45, 2.75) is 19.8 Å². The van der Waals surface area contributed by atoms with Crippen molar-refractivity contribution in [3.05, 3.63) is 30.5 Å². The van der Waals surface area contributed by atoms with E-state index in [2.05, 4.69) is 9.71 Å². The summed E-state index contributed by atoms with van der Waals surface area (Å²) in [6, 6.07) is 7.25. The number of hydrogen-bond donors (Lipinski definition) is 2. The smallest absolute Gasteiger partial charge is 0.309 e. The summed E-state index contributed by atoms with van der Waals surface area (Å²) in [7, 11) is -3.65. The van der Waals surface area contributed by atoms with Crippen LogP contribution in [0.2, 0.25) is 0 Å². The van der Waals surface area contributed by atoms with Crippen LogP contribution in [0, 0.1) is 5.92 Å². The van der Waals surface area contributed by atoms with Crippen LogP contribution in [0.3, 0.4) is 0 Å². The molecule has 2 heterocycles. The lowest BCUT2D eigenvalue weighted by molar-refractivity contribution is -0.149. The molecule has 1 aliphatic rings. The first-order chi connectivity index (χ1) is 11.5. The summed E-state index contributed by atoms with van der Waals surface area (Å²) in [5.74, 6) is -0.455. The monoisotopic (exact) mass is 351 g/mol. The zero-order valence-electron chi connectivity index (χ0n) is 13.5. The molecule has 1 aromatic carbocycles. The summed E-state index contributed by atoms with van der Waals surface area (Å²) in [6.45, 7) is 2.73. The molecule has 0 spiro atoms. The Hall–Kier alpha value is -2.06. The molecule has 0 atom stereocenters. The van der Waals surface area contributed by atoms with E-state index in [1.807, 2.05) is 12.1 Å². The molecule has 7 nitrogen and oxygen atoms in total. The molecule has 1 aromatic heterocycles. The number of fused-ring (bicyclic) bond motifs is 1. The zero-order valence-corrected chi connectivity index (χ0v) is 14.3. The van der Waals surface area contributed by atoms with Gasteiger partial charge in [-0.25, -0.2) is 0 Å². The Morgan fingerprint density at radius 1 is 1.33 bits per heavy atom. The number of aromatic amines is 1. The van der Waals surface area contributed by atoms with Crippen LogP contribution in [0.4, 0.5) is 5.69 Å². The van der Waals surface area contributed by atoms with Crippen molar-refractivity contribution in [3.8, 4) is 0 Å². The molecular weight excluding hydrogens is 330 g/mol. The van der Waals surface area contributed by atoms with Gasteiger partial charge in [0.1, 0.15) is 0 Å². The highest BCUT2D eigenvalue weighted by Crippen LogP contribution is 2.26. The number of rotatable bonds is 5. The quantitative estimate of drug-likeness (QED) is 0.807. The van der Waals surface area contributed by atoms with Gasteiger partial charge in [0.25, 0.3) is 0 Å². The van der Waals surface area contributed by atoms with Gasteiger partial charge in [-0.15, -0.1) is 0 Å². The number of nitrogens with one attached hydrogen (secondary N) is 2. The van der Waals surface area contributed by atoms with Gasteiger partial charge in [-0.3, -0.25) is 9.52 Å². The van der Waals surface area contributed by atoms with Crippen LogP contribution in [-0.4, -0.2) is 43.4 Å². The number of carbonyl (C=O) groups is 1. The number of piperidine rings is 1. The minimum absolute atomic E-state index is 0.218. The van der Waals surface area contributed by atoms with Gasteiger partial charge in [-0.2, -0.15) is 12.7 Å². The van der Waals surface area contributed by atoms with Crippen LogP contribution in [0.15, 0.2) is 30.5 Å². The summed E-state index contributed by atoms with van der Waals surface area (Å²) >= 11 is 0. The molecule has 0 radical (unpaired) electrons. The molecule has 0 amide bonds. The topological polar surface area (TPSA) is 91.5 Å². The summed E-state index contributed by atoms with van der Waals surface area (Å²) in [4.78, 5) is 14.8. The number of esters is 1. The van der Waals surface area contributed by atoms with Crippen LogP contribution in [0.5, 0.6) is 0 Å². The number of benzene rings is 1. The van der Waals surface area contributed by atoms with Crippen molar-refractivity contribution in [3.63, 3.8) is 0 Å². The molecule has 0 unspecified atom stereocenters. The van der Waals surface area contributed by atoms with Crippen molar-refractivity contribution < 1.29 is 17.9 Å². The number of hydrogen-bond acceptors (Lipinski definition) is 4. The highest BCUT2D eigenvalue weighted by atomic mass is 32.2. The number of H-pyrrole nitrogens is 1. The maximum absolute atomic E-state index is 12.6. The van der Waals surface area contributed by atoms with Gasteiger partial charge in [-0.05, 0) is 38.0 Å². The predicted octanol–water partition coefficient (Wildman–Crippen LogP) is 2.10. The lowest BCUT2D eigenvalue weighted by atomic mass is 9.98. The number of nitrogens with zero attached hydrogens (tertiary/aromatic N) is 1. The normalized spacial score (nSPS) is 17.0. The molecule has 0 aliphatic carbocycles. The van der Waals surface area contributed by atoms with Gasteiger partial charge in [0.15, 0.2) is 0 Å². The number of aromatic nitrogens is 1. The molecule has 2 N–H and O–H groups in total. The van der Waals surface area contributed by atoms with E-state index in [0.29, 0.717) is 38.2 Å². The van der Waals surface area contributed by atoms with E-state index in [-0.39, 0.29) is 11.9 Å². The Morgan fingerprint density at radius 2 is 2.08 bits per heavy atom. The summed E-state index contributed by atoms with van der Waals surface area (Å²) in [6.07, 6.45) is 2.73. The Kier molecular flexibility index (Phi) is 4.77. The Bertz CT molecular complexity index is 823. The second kappa shape index (κ2) is 6.82. The van der Waals surface area contributed by atoms with Crippen LogP contribution < -0.4 is 4.72 Å². The third kappa shape index (κ3) is 3.39. The van der Waals surface area contributed by atoms with Gasteiger partial charge in [0.05, 0.1) is 18.2 Å². The fourth-order valence-electron chi connectivity index (χ4n) is 2.97. The van der Waals surface area contributed by atoms with Gasteiger partial charge < -0.3 is 9.72 Å². The molecule has 1 saturated heterocycles. The molecule has 24 heavy (non-hydrogen) atoms. The Morgan fingerprint density at radius 3 is 2.79 bits per heavy atom. The summed E-state index contributed by atoms with van der Waals surface area (Å²) < 4.78 is 34.3. The maximum Gasteiger partial charge on any atom is 0.309 e. The first kappa shape index (κ1) is 16.8. The van der Waals surface area contributed by atoms with E-state index in [0.717, 1.165) is 10.9 Å². The molecule has 0 saturated carbocycles. The van der Waals surface area contributed by atoms with E-state index >= 15 is 0 Å². The third-order valence-electron chi connectivity index (χ3n) is 4.25. The average molecular weight is 351 g/mol. The van der Waals surface area contributed by atoms with Crippen LogP contribution >= 0.6 is 0 Å². The number of anilines is 1. The van der Waals surface area contributed by atoms with Gasteiger partial charge in [-0.1, -0.05) is 6.07 Å².